The van der Waals surface area contributed by atoms with Gasteiger partial charge in [0.15, 0.2) is 0 Å². The molecule has 29 heavy (non-hydrogen) atoms. The maximum atomic E-state index is 12.2. The van der Waals surface area contributed by atoms with Gasteiger partial charge in [0.05, 0.1) is 18.7 Å². The van der Waals surface area contributed by atoms with Crippen molar-refractivity contribution in [3.63, 3.8) is 0 Å². The molecular weight excluding hydrogens is 382 g/mol. The van der Waals surface area contributed by atoms with Gasteiger partial charge in [-0.15, -0.1) is 0 Å². The van der Waals surface area contributed by atoms with Crippen LogP contribution in [-0.2, 0) is 4.74 Å². The minimum Gasteiger partial charge on any atom is -0.456 e. The highest BCUT2D eigenvalue weighted by Gasteiger charge is 2.11. The van der Waals surface area contributed by atoms with Crippen LogP contribution in [0.2, 0.25) is 0 Å². The van der Waals surface area contributed by atoms with Gasteiger partial charge in [0.1, 0.15) is 18.9 Å². The van der Waals surface area contributed by atoms with Crippen molar-refractivity contribution in [2.24, 2.45) is 0 Å². The third-order valence-corrected chi connectivity index (χ3v) is 4.41. The van der Waals surface area contributed by atoms with E-state index in [-0.39, 0.29) is 11.3 Å². The molecule has 0 aliphatic rings. The maximum absolute atomic E-state index is 12.2. The molecule has 0 heterocycles. The first kappa shape index (κ1) is 22.3. The molecule has 6 nitrogen and oxygen atoms in total. The first-order valence-electron chi connectivity index (χ1n) is 9.39. The number of alkyl halides is 2. The Kier molecular flexibility index (Phi) is 8.54. The van der Waals surface area contributed by atoms with Gasteiger partial charge in [-0.3, -0.25) is 4.79 Å². The molecule has 0 unspecified atom stereocenters. The van der Waals surface area contributed by atoms with E-state index in [0.29, 0.717) is 17.9 Å². The first-order valence-corrected chi connectivity index (χ1v) is 9.39. The monoisotopic (exact) mass is 407 g/mol. The number of esters is 1. The number of amides is 1. The number of ether oxygens (including phenoxy) is 2. The van der Waals surface area contributed by atoms with Gasteiger partial charge in [0.25, 0.3) is 5.91 Å². The largest absolute Gasteiger partial charge is 0.456 e. The molecular formula is C21H25F2N2O4+. The number of hydrogen-bond donors (Lipinski definition) is 2. The number of hydrogen-bond acceptors (Lipinski definition) is 4. The summed E-state index contributed by atoms with van der Waals surface area (Å²) in [6.07, 6.45) is 0. The van der Waals surface area contributed by atoms with E-state index in [1.54, 1.807) is 24.3 Å². The Hall–Kier alpha value is -3.00. The average Bonchev–Trinajstić information content (AvgIpc) is 2.71. The van der Waals surface area contributed by atoms with Crippen LogP contribution in [0.25, 0.3) is 0 Å². The lowest BCUT2D eigenvalue weighted by molar-refractivity contribution is -0.896. The number of rotatable bonds is 10. The zero-order valence-electron chi connectivity index (χ0n) is 16.4. The second-order valence-corrected chi connectivity index (χ2v) is 6.28. The van der Waals surface area contributed by atoms with Crippen molar-refractivity contribution in [2.75, 3.05) is 31.6 Å². The number of likely N-dealkylation sites (N-methyl/N-ethyl adjacent to an activating group) is 1. The molecule has 0 radical (unpaired) electrons. The van der Waals surface area contributed by atoms with E-state index in [1.807, 2.05) is 0 Å². The van der Waals surface area contributed by atoms with E-state index in [4.69, 9.17) is 4.74 Å². The Morgan fingerprint density at radius 2 is 1.55 bits per heavy atom. The van der Waals surface area contributed by atoms with Gasteiger partial charge in [0, 0.05) is 11.3 Å². The third kappa shape index (κ3) is 7.15. The van der Waals surface area contributed by atoms with E-state index < -0.39 is 18.5 Å². The third-order valence-electron chi connectivity index (χ3n) is 4.41. The van der Waals surface area contributed by atoms with Gasteiger partial charge in [-0.25, -0.2) is 4.79 Å². The summed E-state index contributed by atoms with van der Waals surface area (Å²) in [7, 11) is 0. The molecule has 2 aromatic rings. The van der Waals surface area contributed by atoms with Crippen molar-refractivity contribution in [3.05, 3.63) is 59.7 Å². The summed E-state index contributed by atoms with van der Waals surface area (Å²) in [4.78, 5) is 25.7. The summed E-state index contributed by atoms with van der Waals surface area (Å²) in [5.74, 6) is -0.850. The summed E-state index contributed by atoms with van der Waals surface area (Å²) >= 11 is 0. The first-order chi connectivity index (χ1) is 13.9. The highest BCUT2D eigenvalue weighted by molar-refractivity contribution is 6.04. The lowest BCUT2D eigenvalue weighted by Gasteiger charge is -2.15. The van der Waals surface area contributed by atoms with Crippen LogP contribution in [0.3, 0.4) is 0 Å². The summed E-state index contributed by atoms with van der Waals surface area (Å²) in [6, 6.07) is 11.7. The van der Waals surface area contributed by atoms with Crippen LogP contribution < -0.4 is 15.0 Å². The van der Waals surface area contributed by atoms with Gasteiger partial charge >= 0.3 is 12.6 Å². The van der Waals surface area contributed by atoms with Crippen LogP contribution >= 0.6 is 0 Å². The quantitative estimate of drug-likeness (QED) is 0.594. The molecule has 0 aliphatic carbocycles. The van der Waals surface area contributed by atoms with E-state index in [9.17, 15) is 18.4 Å². The molecule has 0 fully saturated rings. The number of quaternary nitrogens is 1. The number of halogens is 2. The number of benzene rings is 2. The minimum absolute atomic E-state index is 0.0259. The fourth-order valence-corrected chi connectivity index (χ4v) is 2.66. The van der Waals surface area contributed by atoms with Gasteiger partial charge in [-0.05, 0) is 62.4 Å². The number of carbonyl (C=O) groups excluding carboxylic acids is 2. The summed E-state index contributed by atoms with van der Waals surface area (Å²) in [5, 5.41) is 2.67. The Bertz CT molecular complexity index is 791. The highest BCUT2D eigenvalue weighted by Crippen LogP contribution is 2.17. The van der Waals surface area contributed by atoms with Crippen molar-refractivity contribution < 1.29 is 32.7 Å². The number of anilines is 1. The summed E-state index contributed by atoms with van der Waals surface area (Å²) in [6.45, 7) is 4.30. The molecule has 0 bridgehead atoms. The molecule has 1 amide bonds. The van der Waals surface area contributed by atoms with E-state index in [1.165, 1.54) is 29.2 Å². The second kappa shape index (κ2) is 11.1. The molecule has 2 rings (SSSR count). The Morgan fingerprint density at radius 1 is 0.966 bits per heavy atom. The van der Waals surface area contributed by atoms with Gasteiger partial charge in [0.2, 0.25) is 0 Å². The predicted octanol–water partition coefficient (Wildman–Crippen LogP) is 2.62. The molecule has 0 atom stereocenters. The van der Waals surface area contributed by atoms with Crippen molar-refractivity contribution in [1.29, 1.82) is 0 Å². The molecule has 8 heteroatoms. The van der Waals surface area contributed by atoms with Crippen LogP contribution in [0.4, 0.5) is 14.5 Å². The molecule has 0 saturated heterocycles. The van der Waals surface area contributed by atoms with Gasteiger partial charge in [-0.1, -0.05) is 0 Å². The van der Waals surface area contributed by atoms with Crippen molar-refractivity contribution in [2.45, 2.75) is 20.5 Å². The van der Waals surface area contributed by atoms with Gasteiger partial charge < -0.3 is 19.7 Å². The molecule has 0 saturated carbocycles. The van der Waals surface area contributed by atoms with E-state index in [2.05, 4.69) is 23.9 Å². The van der Waals surface area contributed by atoms with Crippen LogP contribution in [-0.4, -0.2) is 44.7 Å². The molecule has 0 aliphatic heterocycles. The van der Waals surface area contributed by atoms with Crippen molar-refractivity contribution >= 4 is 17.6 Å². The second-order valence-electron chi connectivity index (χ2n) is 6.28. The molecule has 2 N–H and O–H groups in total. The SMILES string of the molecule is CC[NH+](CC)CCOC(=O)c1ccc(NC(=O)c2ccc(OC(F)F)cc2)cc1. The normalized spacial score (nSPS) is 10.8. The van der Waals surface area contributed by atoms with Crippen molar-refractivity contribution in [1.82, 2.24) is 0 Å². The van der Waals surface area contributed by atoms with Crippen LogP contribution in [0.15, 0.2) is 48.5 Å². The molecule has 0 aromatic heterocycles. The lowest BCUT2D eigenvalue weighted by Crippen LogP contribution is -3.11. The Balaban J connectivity index is 1.87. The van der Waals surface area contributed by atoms with Crippen molar-refractivity contribution in [3.8, 4) is 5.75 Å². The van der Waals surface area contributed by atoms with Gasteiger partial charge in [-0.2, -0.15) is 8.78 Å². The fourth-order valence-electron chi connectivity index (χ4n) is 2.66. The number of carbonyl (C=O) groups is 2. The summed E-state index contributed by atoms with van der Waals surface area (Å²) < 4.78 is 33.8. The predicted molar refractivity (Wildman–Crippen MR) is 105 cm³/mol. The lowest BCUT2D eigenvalue weighted by atomic mass is 10.1. The molecule has 0 spiro atoms. The smallest absolute Gasteiger partial charge is 0.387 e. The Morgan fingerprint density at radius 3 is 2.10 bits per heavy atom. The highest BCUT2D eigenvalue weighted by atomic mass is 19.3. The zero-order chi connectivity index (χ0) is 21.2. The summed E-state index contributed by atoms with van der Waals surface area (Å²) in [5.41, 5.74) is 1.17. The standard InChI is InChI=1S/C21H24F2N2O4/c1-3-25(4-2)13-14-28-20(27)16-5-9-17(10-6-16)24-19(26)15-7-11-18(12-8-15)29-21(22)23/h5-12,21H,3-4,13-14H2,1-2H3,(H,24,26)/p+1. The number of nitrogens with one attached hydrogen (secondary N) is 2. The maximum Gasteiger partial charge on any atom is 0.387 e. The van der Waals surface area contributed by atoms with Crippen LogP contribution in [0, 0.1) is 0 Å². The van der Waals surface area contributed by atoms with Crippen LogP contribution in [0.1, 0.15) is 34.6 Å². The average molecular weight is 407 g/mol. The van der Waals surface area contributed by atoms with Crippen LogP contribution in [0.5, 0.6) is 5.75 Å². The molecule has 2 aromatic carbocycles. The zero-order valence-corrected chi connectivity index (χ0v) is 16.4. The topological polar surface area (TPSA) is 69.1 Å². The van der Waals surface area contributed by atoms with E-state index in [0.717, 1.165) is 19.6 Å². The molecule has 156 valence electrons. The van der Waals surface area contributed by atoms with E-state index >= 15 is 0 Å². The Labute approximate surface area is 168 Å². The minimum atomic E-state index is -2.92. The fraction of sp³-hybridized carbons (Fsp3) is 0.333.